The highest BCUT2D eigenvalue weighted by atomic mass is 16.6. The van der Waals surface area contributed by atoms with Crippen molar-refractivity contribution in [1.29, 1.82) is 0 Å². The van der Waals surface area contributed by atoms with E-state index in [-0.39, 0.29) is 6.61 Å². The molecule has 1 unspecified atom stereocenters. The van der Waals surface area contributed by atoms with Crippen LogP contribution < -0.4 is 0 Å². The zero-order chi connectivity index (χ0) is 12.0. The van der Waals surface area contributed by atoms with Gasteiger partial charge in [-0.1, -0.05) is 0 Å². The Balaban J connectivity index is 2.34. The van der Waals surface area contributed by atoms with E-state index in [0.717, 1.165) is 0 Å². The quantitative estimate of drug-likeness (QED) is 0.658. The van der Waals surface area contributed by atoms with Gasteiger partial charge < -0.3 is 19.1 Å². The first kappa shape index (κ1) is 12.8. The lowest BCUT2D eigenvalue weighted by atomic mass is 10.4. The lowest BCUT2D eigenvalue weighted by Gasteiger charge is -2.26. The number of rotatable bonds is 3. The maximum absolute atomic E-state index is 11.6. The molecule has 0 N–H and O–H groups in total. The van der Waals surface area contributed by atoms with E-state index in [1.807, 2.05) is 0 Å². The van der Waals surface area contributed by atoms with Gasteiger partial charge in [-0.25, -0.2) is 9.59 Å². The number of carbonyl (C=O) groups excluding carboxylic acids is 2. The molecular weight excluding hydrogens is 214 g/mol. The Bertz CT molecular complexity index is 250. The van der Waals surface area contributed by atoms with Crippen molar-refractivity contribution >= 4 is 12.1 Å². The van der Waals surface area contributed by atoms with Crippen LogP contribution >= 0.6 is 0 Å². The van der Waals surface area contributed by atoms with Gasteiger partial charge in [0.15, 0.2) is 6.10 Å². The topological polar surface area (TPSA) is 65.1 Å². The van der Waals surface area contributed by atoms with Crippen LogP contribution in [0.5, 0.6) is 0 Å². The fourth-order valence-electron chi connectivity index (χ4n) is 1.28. The fourth-order valence-corrected chi connectivity index (χ4v) is 1.28. The van der Waals surface area contributed by atoms with Gasteiger partial charge in [0.2, 0.25) is 0 Å². The Morgan fingerprint density at radius 1 is 1.38 bits per heavy atom. The second kappa shape index (κ2) is 6.32. The summed E-state index contributed by atoms with van der Waals surface area (Å²) in [5.74, 6) is -0.524. The highest BCUT2D eigenvalue weighted by Gasteiger charge is 2.24. The summed E-state index contributed by atoms with van der Waals surface area (Å²) in [6.07, 6.45) is -1.36. The van der Waals surface area contributed by atoms with Crippen LogP contribution in [-0.4, -0.2) is 56.0 Å². The number of esters is 1. The van der Waals surface area contributed by atoms with E-state index in [2.05, 4.69) is 0 Å². The van der Waals surface area contributed by atoms with Crippen molar-refractivity contribution in [3.05, 3.63) is 0 Å². The molecule has 0 bridgehead atoms. The average molecular weight is 231 g/mol. The van der Waals surface area contributed by atoms with E-state index < -0.39 is 18.2 Å². The minimum Gasteiger partial charge on any atom is -0.463 e. The smallest absolute Gasteiger partial charge is 0.410 e. The van der Waals surface area contributed by atoms with Crippen LogP contribution in [0, 0.1) is 0 Å². The summed E-state index contributed by atoms with van der Waals surface area (Å²) < 4.78 is 14.8. The minimum atomic E-state index is -0.865. The Labute approximate surface area is 94.4 Å². The molecule has 0 radical (unpaired) electrons. The summed E-state index contributed by atoms with van der Waals surface area (Å²) in [5, 5.41) is 0. The molecule has 6 nitrogen and oxygen atoms in total. The van der Waals surface area contributed by atoms with Crippen molar-refractivity contribution in [3.63, 3.8) is 0 Å². The molecule has 0 spiro atoms. The summed E-state index contributed by atoms with van der Waals surface area (Å²) in [5.41, 5.74) is 0. The predicted molar refractivity (Wildman–Crippen MR) is 55.0 cm³/mol. The van der Waals surface area contributed by atoms with Crippen LogP contribution in [0.3, 0.4) is 0 Å². The van der Waals surface area contributed by atoms with Gasteiger partial charge in [0.05, 0.1) is 19.8 Å². The van der Waals surface area contributed by atoms with E-state index in [1.165, 1.54) is 11.8 Å². The SMILES string of the molecule is CCOC(=O)C(C)OC(=O)N1CCOCC1. The van der Waals surface area contributed by atoms with E-state index in [9.17, 15) is 9.59 Å². The van der Waals surface area contributed by atoms with Crippen molar-refractivity contribution in [2.75, 3.05) is 32.9 Å². The third-order valence-corrected chi connectivity index (χ3v) is 2.17. The van der Waals surface area contributed by atoms with Gasteiger partial charge in [-0.3, -0.25) is 0 Å². The van der Waals surface area contributed by atoms with Gasteiger partial charge in [-0.15, -0.1) is 0 Å². The van der Waals surface area contributed by atoms with Crippen molar-refractivity contribution in [3.8, 4) is 0 Å². The van der Waals surface area contributed by atoms with Gasteiger partial charge in [-0.2, -0.15) is 0 Å². The maximum atomic E-state index is 11.6. The first-order valence-electron chi connectivity index (χ1n) is 5.35. The molecule has 16 heavy (non-hydrogen) atoms. The molecule has 0 aliphatic carbocycles. The zero-order valence-electron chi connectivity index (χ0n) is 9.60. The van der Waals surface area contributed by atoms with Crippen LogP contribution in [0.25, 0.3) is 0 Å². The molecule has 0 saturated carbocycles. The van der Waals surface area contributed by atoms with Crippen molar-refractivity contribution in [1.82, 2.24) is 4.90 Å². The number of nitrogens with zero attached hydrogens (tertiary/aromatic N) is 1. The van der Waals surface area contributed by atoms with E-state index in [0.29, 0.717) is 26.3 Å². The van der Waals surface area contributed by atoms with Crippen molar-refractivity contribution in [2.45, 2.75) is 20.0 Å². The van der Waals surface area contributed by atoms with E-state index in [1.54, 1.807) is 6.92 Å². The first-order valence-corrected chi connectivity index (χ1v) is 5.35. The van der Waals surface area contributed by atoms with Crippen molar-refractivity contribution in [2.24, 2.45) is 0 Å². The molecule has 0 aromatic heterocycles. The number of ether oxygens (including phenoxy) is 3. The third kappa shape index (κ3) is 3.69. The van der Waals surface area contributed by atoms with E-state index in [4.69, 9.17) is 14.2 Å². The lowest BCUT2D eigenvalue weighted by molar-refractivity contribution is -0.152. The summed E-state index contributed by atoms with van der Waals surface area (Å²) in [4.78, 5) is 24.3. The molecule has 1 aliphatic heterocycles. The first-order chi connectivity index (χ1) is 7.65. The molecule has 1 rings (SSSR count). The molecule has 1 heterocycles. The molecule has 1 saturated heterocycles. The van der Waals surface area contributed by atoms with Crippen LogP contribution in [0.1, 0.15) is 13.8 Å². The van der Waals surface area contributed by atoms with Gasteiger partial charge >= 0.3 is 12.1 Å². The molecular formula is C10H17NO5. The van der Waals surface area contributed by atoms with Gasteiger partial charge in [0.25, 0.3) is 0 Å². The van der Waals surface area contributed by atoms with Crippen LogP contribution in [0.2, 0.25) is 0 Å². The molecule has 6 heteroatoms. The second-order valence-corrected chi connectivity index (χ2v) is 3.38. The molecule has 1 amide bonds. The second-order valence-electron chi connectivity index (χ2n) is 3.38. The highest BCUT2D eigenvalue weighted by Crippen LogP contribution is 2.03. The molecule has 0 aromatic rings. The molecule has 1 aliphatic rings. The Kier molecular flexibility index (Phi) is 5.04. The Hall–Kier alpha value is -1.30. The fraction of sp³-hybridized carbons (Fsp3) is 0.800. The van der Waals surface area contributed by atoms with Crippen LogP contribution in [0.4, 0.5) is 4.79 Å². The maximum Gasteiger partial charge on any atom is 0.410 e. The Morgan fingerprint density at radius 3 is 2.56 bits per heavy atom. The number of morpholine rings is 1. The number of amides is 1. The molecule has 1 fully saturated rings. The summed E-state index contributed by atoms with van der Waals surface area (Å²) in [6.45, 7) is 5.47. The predicted octanol–water partition coefficient (Wildman–Crippen LogP) is 0.407. The largest absolute Gasteiger partial charge is 0.463 e. The summed E-state index contributed by atoms with van der Waals surface area (Å²) in [7, 11) is 0. The molecule has 1 atom stereocenters. The minimum absolute atomic E-state index is 0.276. The number of carbonyl (C=O) groups is 2. The monoisotopic (exact) mass is 231 g/mol. The third-order valence-electron chi connectivity index (χ3n) is 2.17. The number of hydrogen-bond acceptors (Lipinski definition) is 5. The lowest BCUT2D eigenvalue weighted by Crippen LogP contribution is -2.43. The standard InChI is InChI=1S/C10H17NO5/c1-3-15-9(12)8(2)16-10(13)11-4-6-14-7-5-11/h8H,3-7H2,1-2H3. The zero-order valence-corrected chi connectivity index (χ0v) is 9.60. The normalized spacial score (nSPS) is 17.8. The van der Waals surface area contributed by atoms with Gasteiger partial charge in [0.1, 0.15) is 0 Å². The van der Waals surface area contributed by atoms with Crippen LogP contribution in [0.15, 0.2) is 0 Å². The summed E-state index contributed by atoms with van der Waals surface area (Å²) in [6, 6.07) is 0. The molecule has 0 aromatic carbocycles. The average Bonchev–Trinajstić information content (AvgIpc) is 2.30. The van der Waals surface area contributed by atoms with E-state index >= 15 is 0 Å². The summed E-state index contributed by atoms with van der Waals surface area (Å²) >= 11 is 0. The van der Waals surface area contributed by atoms with Crippen molar-refractivity contribution < 1.29 is 23.8 Å². The number of hydrogen-bond donors (Lipinski definition) is 0. The highest BCUT2D eigenvalue weighted by molar-refractivity contribution is 5.78. The molecule has 92 valence electrons. The Morgan fingerprint density at radius 2 is 2.00 bits per heavy atom. The van der Waals surface area contributed by atoms with Crippen LogP contribution in [-0.2, 0) is 19.0 Å². The van der Waals surface area contributed by atoms with Gasteiger partial charge in [0, 0.05) is 13.1 Å². The van der Waals surface area contributed by atoms with Gasteiger partial charge in [-0.05, 0) is 13.8 Å².